The fourth-order valence-electron chi connectivity index (χ4n) is 3.63. The standard InChI is InChI=1S/C25H21ClF3N3O/c1-14-8-9-32-21(24(31-22(32)10-14)17-5-4-15(2)16(3)11-17)13-23(33)30-20-12-18(25(27,28)29)6-7-19(20)26/h4-12H,13H2,1-3H3,(H,30,33). The number of hydrogen-bond acceptors (Lipinski definition) is 2. The van der Waals surface area contributed by atoms with E-state index in [1.165, 1.54) is 0 Å². The Labute approximate surface area is 194 Å². The molecular weight excluding hydrogens is 451 g/mol. The van der Waals surface area contributed by atoms with E-state index in [2.05, 4.69) is 5.32 Å². The minimum absolute atomic E-state index is 0.0273. The number of anilines is 1. The predicted octanol–water partition coefficient (Wildman–Crippen LogP) is 6.78. The molecule has 4 nitrogen and oxygen atoms in total. The van der Waals surface area contributed by atoms with Gasteiger partial charge in [-0.15, -0.1) is 0 Å². The summed E-state index contributed by atoms with van der Waals surface area (Å²) in [6, 6.07) is 12.6. The second kappa shape index (κ2) is 8.56. The number of rotatable bonds is 4. The first kappa shape index (κ1) is 22.9. The molecule has 4 aromatic rings. The number of pyridine rings is 1. The van der Waals surface area contributed by atoms with Crippen LogP contribution in [0, 0.1) is 20.8 Å². The summed E-state index contributed by atoms with van der Waals surface area (Å²) < 4.78 is 41.1. The van der Waals surface area contributed by atoms with Crippen molar-refractivity contribution in [3.05, 3.63) is 87.7 Å². The Morgan fingerprint density at radius 2 is 1.79 bits per heavy atom. The van der Waals surface area contributed by atoms with E-state index in [0.717, 1.165) is 40.5 Å². The van der Waals surface area contributed by atoms with Gasteiger partial charge in [-0.05, 0) is 73.9 Å². The zero-order chi connectivity index (χ0) is 23.9. The maximum Gasteiger partial charge on any atom is 0.416 e. The lowest BCUT2D eigenvalue weighted by Crippen LogP contribution is -2.17. The lowest BCUT2D eigenvalue weighted by Gasteiger charge is -2.12. The fraction of sp³-hybridized carbons (Fsp3) is 0.200. The summed E-state index contributed by atoms with van der Waals surface area (Å²) in [5.74, 6) is -0.497. The second-order valence-corrected chi connectivity index (χ2v) is 8.46. The molecule has 2 aromatic heterocycles. The average Bonchev–Trinajstić information content (AvgIpc) is 3.08. The van der Waals surface area contributed by atoms with Gasteiger partial charge in [0.05, 0.1) is 34.1 Å². The van der Waals surface area contributed by atoms with Gasteiger partial charge < -0.3 is 9.72 Å². The van der Waals surface area contributed by atoms with Crippen LogP contribution in [0.25, 0.3) is 16.9 Å². The molecule has 4 rings (SSSR count). The largest absolute Gasteiger partial charge is 0.416 e. The first-order valence-electron chi connectivity index (χ1n) is 10.2. The van der Waals surface area contributed by atoms with Gasteiger partial charge in [0.25, 0.3) is 0 Å². The van der Waals surface area contributed by atoms with Crippen LogP contribution < -0.4 is 5.32 Å². The Morgan fingerprint density at radius 3 is 2.48 bits per heavy atom. The highest BCUT2D eigenvalue weighted by molar-refractivity contribution is 6.33. The van der Waals surface area contributed by atoms with Crippen molar-refractivity contribution in [2.45, 2.75) is 33.4 Å². The molecule has 0 unspecified atom stereocenters. The third-order valence-electron chi connectivity index (χ3n) is 5.56. The van der Waals surface area contributed by atoms with Gasteiger partial charge in [-0.3, -0.25) is 4.79 Å². The molecule has 0 bridgehead atoms. The lowest BCUT2D eigenvalue weighted by molar-refractivity contribution is -0.137. The Bertz CT molecular complexity index is 1380. The number of nitrogens with zero attached hydrogens (tertiary/aromatic N) is 2. The van der Waals surface area contributed by atoms with Crippen LogP contribution in [0.4, 0.5) is 18.9 Å². The minimum Gasteiger partial charge on any atom is -0.324 e. The zero-order valence-electron chi connectivity index (χ0n) is 18.2. The molecule has 2 aromatic carbocycles. The molecule has 2 heterocycles. The molecule has 0 saturated heterocycles. The molecular formula is C25H21ClF3N3O. The molecule has 1 amide bonds. The Kier molecular flexibility index (Phi) is 5.93. The molecule has 0 radical (unpaired) electrons. The summed E-state index contributed by atoms with van der Waals surface area (Å²) in [6.07, 6.45) is -2.80. The Hall–Kier alpha value is -3.32. The fourth-order valence-corrected chi connectivity index (χ4v) is 3.79. The number of benzene rings is 2. The molecule has 0 saturated carbocycles. The third-order valence-corrected chi connectivity index (χ3v) is 5.89. The van der Waals surface area contributed by atoms with E-state index in [-0.39, 0.29) is 17.1 Å². The van der Waals surface area contributed by atoms with Gasteiger partial charge in [-0.1, -0.05) is 23.7 Å². The molecule has 0 fully saturated rings. The van der Waals surface area contributed by atoms with Crippen LogP contribution in [-0.4, -0.2) is 15.3 Å². The Balaban J connectivity index is 1.72. The van der Waals surface area contributed by atoms with E-state index in [0.29, 0.717) is 17.0 Å². The SMILES string of the molecule is Cc1ccn2c(CC(=O)Nc3cc(C(F)(F)F)ccc3Cl)c(-c3ccc(C)c(C)c3)nc2c1. The van der Waals surface area contributed by atoms with Crippen LogP contribution in [0.1, 0.15) is 27.9 Å². The molecule has 0 aliphatic carbocycles. The number of amides is 1. The number of fused-ring (bicyclic) bond motifs is 1. The zero-order valence-corrected chi connectivity index (χ0v) is 19.0. The highest BCUT2D eigenvalue weighted by Gasteiger charge is 2.31. The predicted molar refractivity (Wildman–Crippen MR) is 124 cm³/mol. The number of nitrogens with one attached hydrogen (secondary N) is 1. The first-order valence-corrected chi connectivity index (χ1v) is 10.6. The number of aryl methyl sites for hydroxylation is 3. The molecule has 8 heteroatoms. The maximum absolute atomic E-state index is 13.1. The van der Waals surface area contributed by atoms with Gasteiger partial charge >= 0.3 is 6.18 Å². The monoisotopic (exact) mass is 471 g/mol. The van der Waals surface area contributed by atoms with E-state index in [4.69, 9.17) is 16.6 Å². The molecule has 0 atom stereocenters. The van der Waals surface area contributed by atoms with Crippen LogP contribution in [0.15, 0.2) is 54.7 Å². The van der Waals surface area contributed by atoms with Crippen molar-refractivity contribution >= 4 is 28.8 Å². The van der Waals surface area contributed by atoms with Crippen molar-refractivity contribution in [3.8, 4) is 11.3 Å². The van der Waals surface area contributed by atoms with Gasteiger partial charge in [0.2, 0.25) is 5.91 Å². The van der Waals surface area contributed by atoms with Gasteiger partial charge in [0.1, 0.15) is 5.65 Å². The van der Waals surface area contributed by atoms with Crippen LogP contribution in [0.2, 0.25) is 5.02 Å². The molecule has 0 aliphatic rings. The highest BCUT2D eigenvalue weighted by Crippen LogP contribution is 2.34. The summed E-state index contributed by atoms with van der Waals surface area (Å²) in [5, 5.41) is 2.55. The smallest absolute Gasteiger partial charge is 0.324 e. The highest BCUT2D eigenvalue weighted by atomic mass is 35.5. The number of aromatic nitrogens is 2. The lowest BCUT2D eigenvalue weighted by atomic mass is 10.0. The summed E-state index contributed by atoms with van der Waals surface area (Å²) >= 11 is 6.04. The van der Waals surface area contributed by atoms with E-state index >= 15 is 0 Å². The summed E-state index contributed by atoms with van der Waals surface area (Å²) in [4.78, 5) is 17.7. The number of halogens is 4. The summed E-state index contributed by atoms with van der Waals surface area (Å²) in [7, 11) is 0. The van der Waals surface area contributed by atoms with Crippen molar-refractivity contribution in [2.24, 2.45) is 0 Å². The number of alkyl halides is 3. The number of carbonyl (C=O) groups is 1. The van der Waals surface area contributed by atoms with E-state index in [1.807, 2.05) is 61.7 Å². The quantitative estimate of drug-likeness (QED) is 0.356. The van der Waals surface area contributed by atoms with Crippen molar-refractivity contribution in [1.29, 1.82) is 0 Å². The Morgan fingerprint density at radius 1 is 1.03 bits per heavy atom. The van der Waals surface area contributed by atoms with Gasteiger partial charge in [-0.25, -0.2) is 4.98 Å². The van der Waals surface area contributed by atoms with E-state index < -0.39 is 17.6 Å². The van der Waals surface area contributed by atoms with Crippen molar-refractivity contribution in [1.82, 2.24) is 9.38 Å². The van der Waals surface area contributed by atoms with Crippen molar-refractivity contribution in [3.63, 3.8) is 0 Å². The number of carbonyl (C=O) groups excluding carboxylic acids is 1. The minimum atomic E-state index is -4.54. The maximum atomic E-state index is 13.1. The van der Waals surface area contributed by atoms with Gasteiger partial charge in [0.15, 0.2) is 0 Å². The topological polar surface area (TPSA) is 46.4 Å². The molecule has 33 heavy (non-hydrogen) atoms. The summed E-state index contributed by atoms with van der Waals surface area (Å²) in [6.45, 7) is 5.96. The molecule has 0 spiro atoms. The van der Waals surface area contributed by atoms with Crippen LogP contribution >= 0.6 is 11.6 Å². The van der Waals surface area contributed by atoms with Crippen LogP contribution in [0.5, 0.6) is 0 Å². The second-order valence-electron chi connectivity index (χ2n) is 8.06. The number of hydrogen-bond donors (Lipinski definition) is 1. The third kappa shape index (κ3) is 4.73. The summed E-state index contributed by atoms with van der Waals surface area (Å²) in [5.41, 5.74) is 5.09. The first-order chi connectivity index (χ1) is 15.5. The van der Waals surface area contributed by atoms with Crippen molar-refractivity contribution in [2.75, 3.05) is 5.32 Å². The van der Waals surface area contributed by atoms with Crippen LogP contribution in [-0.2, 0) is 17.4 Å². The van der Waals surface area contributed by atoms with Crippen LogP contribution in [0.3, 0.4) is 0 Å². The molecule has 0 aliphatic heterocycles. The molecule has 170 valence electrons. The number of imidazole rings is 1. The molecule has 1 N–H and O–H groups in total. The van der Waals surface area contributed by atoms with E-state index in [9.17, 15) is 18.0 Å². The van der Waals surface area contributed by atoms with E-state index in [1.54, 1.807) is 0 Å². The van der Waals surface area contributed by atoms with Gasteiger partial charge in [0, 0.05) is 11.8 Å². The average molecular weight is 472 g/mol. The van der Waals surface area contributed by atoms with Gasteiger partial charge in [-0.2, -0.15) is 13.2 Å². The van der Waals surface area contributed by atoms with Crippen molar-refractivity contribution < 1.29 is 18.0 Å². The normalized spacial score (nSPS) is 11.7.